The summed E-state index contributed by atoms with van der Waals surface area (Å²) >= 11 is 0. The molecule has 1 aliphatic rings. The lowest BCUT2D eigenvalue weighted by Crippen LogP contribution is -2.27. The predicted molar refractivity (Wildman–Crippen MR) is 116 cm³/mol. The van der Waals surface area contributed by atoms with E-state index >= 15 is 0 Å². The van der Waals surface area contributed by atoms with E-state index in [0.29, 0.717) is 5.92 Å². The topological polar surface area (TPSA) is 16.1 Å². The first-order valence-electron chi connectivity index (χ1n) is 11.0. The lowest BCUT2D eigenvalue weighted by molar-refractivity contribution is -0.143. The summed E-state index contributed by atoms with van der Waals surface area (Å²) in [5.74, 6) is 1.36. The molecule has 3 aromatic rings. The number of hydrogen-bond donors (Lipinski definition) is 0. The van der Waals surface area contributed by atoms with Crippen molar-refractivity contribution < 1.29 is 26.3 Å². The molecule has 2 aromatic carbocycles. The van der Waals surface area contributed by atoms with Gasteiger partial charge in [-0.2, -0.15) is 26.3 Å². The molecule has 0 aliphatic heterocycles. The van der Waals surface area contributed by atoms with Crippen LogP contribution in [0.5, 0.6) is 0 Å². The molecule has 0 radical (unpaired) electrons. The zero-order valence-corrected chi connectivity index (χ0v) is 18.1. The Balaban J connectivity index is 1.69. The Bertz CT molecular complexity index is 1100. The molecule has 33 heavy (non-hydrogen) atoms. The second-order valence-corrected chi connectivity index (χ2v) is 8.56. The third-order valence-electron chi connectivity index (χ3n) is 5.97. The van der Waals surface area contributed by atoms with Crippen molar-refractivity contribution in [1.29, 1.82) is 0 Å². The van der Waals surface area contributed by atoms with E-state index in [1.54, 1.807) is 0 Å². The van der Waals surface area contributed by atoms with Crippen molar-refractivity contribution in [1.82, 2.24) is 4.98 Å². The molecular weight excluding hydrogens is 442 g/mol. The van der Waals surface area contributed by atoms with E-state index in [-0.39, 0.29) is 24.5 Å². The molecule has 0 atom stereocenters. The molecule has 1 fully saturated rings. The summed E-state index contributed by atoms with van der Waals surface area (Å²) < 4.78 is 79.4. The zero-order chi connectivity index (χ0) is 23.8. The molecule has 1 saturated carbocycles. The fraction of sp³-hybridized carbons (Fsp3) is 0.400. The Morgan fingerprint density at radius 3 is 2.09 bits per heavy atom. The number of aromatic nitrogens is 1. The van der Waals surface area contributed by atoms with Gasteiger partial charge < -0.3 is 4.90 Å². The SMILES string of the molecule is CCN(CC1CC1)c1nc2ccccc2cc1CCc1cc(C(F)(F)F)cc(C(F)(F)F)c1. The van der Waals surface area contributed by atoms with E-state index in [1.807, 2.05) is 37.3 Å². The Hall–Kier alpha value is -2.77. The molecular formula is C25H24F6N2. The fourth-order valence-electron chi connectivity index (χ4n) is 4.03. The predicted octanol–water partition coefficient (Wildman–Crippen LogP) is 7.29. The van der Waals surface area contributed by atoms with E-state index in [0.717, 1.165) is 60.3 Å². The van der Waals surface area contributed by atoms with Gasteiger partial charge >= 0.3 is 12.4 Å². The van der Waals surface area contributed by atoms with Crippen molar-refractivity contribution in [3.63, 3.8) is 0 Å². The summed E-state index contributed by atoms with van der Waals surface area (Å²) in [4.78, 5) is 6.98. The van der Waals surface area contributed by atoms with Gasteiger partial charge in [0.2, 0.25) is 0 Å². The molecule has 0 amide bonds. The van der Waals surface area contributed by atoms with Gasteiger partial charge in [0.05, 0.1) is 16.6 Å². The monoisotopic (exact) mass is 466 g/mol. The number of rotatable bonds is 7. The molecule has 0 spiro atoms. The van der Waals surface area contributed by atoms with Crippen LogP contribution in [0.4, 0.5) is 32.2 Å². The van der Waals surface area contributed by atoms with Crippen molar-refractivity contribution in [3.8, 4) is 0 Å². The van der Waals surface area contributed by atoms with Crippen LogP contribution in [0.25, 0.3) is 10.9 Å². The number of nitrogens with zero attached hydrogens (tertiary/aromatic N) is 2. The minimum atomic E-state index is -4.85. The average Bonchev–Trinajstić information content (AvgIpc) is 3.58. The Morgan fingerprint density at radius 1 is 0.879 bits per heavy atom. The van der Waals surface area contributed by atoms with Crippen LogP contribution in [0.3, 0.4) is 0 Å². The molecule has 8 heteroatoms. The quantitative estimate of drug-likeness (QED) is 0.340. The van der Waals surface area contributed by atoms with Gasteiger partial charge in [-0.05, 0) is 80.0 Å². The summed E-state index contributed by atoms with van der Waals surface area (Å²) in [7, 11) is 0. The summed E-state index contributed by atoms with van der Waals surface area (Å²) in [5, 5.41) is 0.888. The van der Waals surface area contributed by atoms with Crippen LogP contribution >= 0.6 is 0 Å². The highest BCUT2D eigenvalue weighted by Crippen LogP contribution is 2.37. The number of para-hydroxylation sites is 1. The number of alkyl halides is 6. The van der Waals surface area contributed by atoms with Crippen LogP contribution in [0, 0.1) is 5.92 Å². The minimum Gasteiger partial charge on any atom is -0.356 e. The molecule has 176 valence electrons. The van der Waals surface area contributed by atoms with Gasteiger partial charge in [-0.25, -0.2) is 4.98 Å². The summed E-state index contributed by atoms with van der Waals surface area (Å²) in [6.45, 7) is 3.58. The first-order valence-corrected chi connectivity index (χ1v) is 11.0. The summed E-state index contributed by atoms with van der Waals surface area (Å²) in [5.41, 5.74) is -0.936. The van der Waals surface area contributed by atoms with Crippen LogP contribution in [0.15, 0.2) is 48.5 Å². The maximum atomic E-state index is 13.2. The van der Waals surface area contributed by atoms with E-state index in [9.17, 15) is 26.3 Å². The molecule has 0 saturated heterocycles. The molecule has 1 heterocycles. The van der Waals surface area contributed by atoms with Crippen LogP contribution in [0.1, 0.15) is 42.0 Å². The lowest BCUT2D eigenvalue weighted by atomic mass is 9.98. The van der Waals surface area contributed by atoms with E-state index in [4.69, 9.17) is 4.98 Å². The Labute approximate surface area is 188 Å². The molecule has 1 aliphatic carbocycles. The second-order valence-electron chi connectivity index (χ2n) is 8.56. The second kappa shape index (κ2) is 8.88. The molecule has 0 bridgehead atoms. The zero-order valence-electron chi connectivity index (χ0n) is 18.1. The fourth-order valence-corrected chi connectivity index (χ4v) is 4.03. The first-order chi connectivity index (χ1) is 15.5. The third kappa shape index (κ3) is 5.60. The Kier molecular flexibility index (Phi) is 6.29. The maximum absolute atomic E-state index is 13.2. The third-order valence-corrected chi connectivity index (χ3v) is 5.97. The van der Waals surface area contributed by atoms with Crippen LogP contribution in [-0.4, -0.2) is 18.1 Å². The van der Waals surface area contributed by atoms with Gasteiger partial charge in [-0.3, -0.25) is 0 Å². The first kappa shape index (κ1) is 23.4. The number of anilines is 1. The highest BCUT2D eigenvalue weighted by molar-refractivity contribution is 5.82. The van der Waals surface area contributed by atoms with Crippen LogP contribution in [-0.2, 0) is 25.2 Å². The van der Waals surface area contributed by atoms with E-state index in [1.165, 1.54) is 0 Å². The molecule has 0 N–H and O–H groups in total. The van der Waals surface area contributed by atoms with Crippen molar-refractivity contribution in [3.05, 3.63) is 70.8 Å². The van der Waals surface area contributed by atoms with Crippen LogP contribution < -0.4 is 4.90 Å². The average molecular weight is 466 g/mol. The van der Waals surface area contributed by atoms with Crippen molar-refractivity contribution in [2.75, 3.05) is 18.0 Å². The number of aryl methyl sites for hydroxylation is 2. The smallest absolute Gasteiger partial charge is 0.356 e. The van der Waals surface area contributed by atoms with Gasteiger partial charge in [0.15, 0.2) is 0 Å². The summed E-state index contributed by atoms with van der Waals surface area (Å²) in [6.07, 6.45) is -7.06. The van der Waals surface area contributed by atoms with Crippen molar-refractivity contribution in [2.45, 2.75) is 45.0 Å². The number of hydrogen-bond acceptors (Lipinski definition) is 2. The highest BCUT2D eigenvalue weighted by atomic mass is 19.4. The maximum Gasteiger partial charge on any atom is 0.416 e. The van der Waals surface area contributed by atoms with Crippen molar-refractivity contribution in [2.24, 2.45) is 5.92 Å². The van der Waals surface area contributed by atoms with E-state index < -0.39 is 23.5 Å². The molecule has 2 nitrogen and oxygen atoms in total. The molecule has 0 unspecified atom stereocenters. The molecule has 4 rings (SSSR count). The highest BCUT2D eigenvalue weighted by Gasteiger charge is 2.36. The number of benzene rings is 2. The molecule has 1 aromatic heterocycles. The van der Waals surface area contributed by atoms with Crippen molar-refractivity contribution >= 4 is 16.7 Å². The number of fused-ring (bicyclic) bond motifs is 1. The standard InChI is InChI=1S/C25H24F6N2/c1-2-33(15-16-7-8-16)23-19(13-18-5-3-4-6-22(18)32-23)10-9-17-11-20(24(26,27)28)14-21(12-17)25(29,30)31/h3-6,11-14,16H,2,7-10,15H2,1H3. The Morgan fingerprint density at radius 2 is 1.52 bits per heavy atom. The number of pyridine rings is 1. The largest absolute Gasteiger partial charge is 0.416 e. The van der Waals surface area contributed by atoms with Crippen LogP contribution in [0.2, 0.25) is 0 Å². The van der Waals surface area contributed by atoms with Gasteiger partial charge in [-0.15, -0.1) is 0 Å². The van der Waals surface area contributed by atoms with Gasteiger partial charge in [0.25, 0.3) is 0 Å². The lowest BCUT2D eigenvalue weighted by Gasteiger charge is -2.25. The summed E-state index contributed by atoms with van der Waals surface area (Å²) in [6, 6.07) is 11.3. The van der Waals surface area contributed by atoms with Gasteiger partial charge in [0, 0.05) is 18.5 Å². The normalized spacial score (nSPS) is 14.6. The van der Waals surface area contributed by atoms with E-state index in [2.05, 4.69) is 4.90 Å². The minimum absolute atomic E-state index is 0.00139. The van der Waals surface area contributed by atoms with Gasteiger partial charge in [-0.1, -0.05) is 18.2 Å². The number of halogens is 6. The van der Waals surface area contributed by atoms with Gasteiger partial charge in [0.1, 0.15) is 5.82 Å².